The number of Topliss-reactive ketones (excluding diaryl/α,β-unsaturated/α-hetero) is 1. The van der Waals surface area contributed by atoms with E-state index in [0.29, 0.717) is 35.4 Å². The van der Waals surface area contributed by atoms with Crippen LogP contribution in [0.4, 0.5) is 0 Å². The van der Waals surface area contributed by atoms with E-state index in [1.807, 2.05) is 0 Å². The molecule has 2 heteroatoms. The minimum absolute atomic E-state index is 0.134. The van der Waals surface area contributed by atoms with Gasteiger partial charge in [-0.05, 0) is 61.7 Å². The molecular formula is C20H26O2. The third kappa shape index (κ3) is 1.75. The van der Waals surface area contributed by atoms with Crippen molar-refractivity contribution in [3.63, 3.8) is 0 Å². The quantitative estimate of drug-likeness (QED) is 0.550. The van der Waals surface area contributed by atoms with Gasteiger partial charge in [0.2, 0.25) is 0 Å². The first-order valence-electron chi connectivity index (χ1n) is 8.89. The van der Waals surface area contributed by atoms with Gasteiger partial charge in [0.1, 0.15) is 11.4 Å². The zero-order chi connectivity index (χ0) is 15.5. The summed E-state index contributed by atoms with van der Waals surface area (Å²) in [5, 5.41) is 10.9. The van der Waals surface area contributed by atoms with E-state index in [1.54, 1.807) is 0 Å². The van der Waals surface area contributed by atoms with Crippen LogP contribution in [0.3, 0.4) is 0 Å². The molecule has 3 fully saturated rings. The number of hydrogen-bond acceptors (Lipinski definition) is 2. The molecule has 0 amide bonds. The highest BCUT2D eigenvalue weighted by Crippen LogP contribution is 2.63. The van der Waals surface area contributed by atoms with E-state index in [-0.39, 0.29) is 5.41 Å². The van der Waals surface area contributed by atoms with Crippen LogP contribution in [0.5, 0.6) is 0 Å². The van der Waals surface area contributed by atoms with Gasteiger partial charge in [-0.25, -0.2) is 0 Å². The zero-order valence-corrected chi connectivity index (χ0v) is 13.4. The van der Waals surface area contributed by atoms with Crippen LogP contribution >= 0.6 is 0 Å². The minimum Gasteiger partial charge on any atom is -0.377 e. The van der Waals surface area contributed by atoms with Crippen LogP contribution < -0.4 is 0 Å². The standard InChI is InChI=1S/C20H26O2/c1-3-20(22)11-9-18-17-6-4-13-12-14(21)5-7-15(13)16(17)8-10-19(18,20)2/h1,4,6,13,15-18,22H,5,7-12H2,2H3/t13?,15?,16?,17?,18?,19-,20-/m0/s1. The molecule has 0 spiro atoms. The Bertz CT molecular complexity index is 571. The first-order valence-corrected chi connectivity index (χ1v) is 8.89. The van der Waals surface area contributed by atoms with Crippen molar-refractivity contribution in [2.24, 2.45) is 35.0 Å². The van der Waals surface area contributed by atoms with Gasteiger partial charge in [-0.3, -0.25) is 4.79 Å². The average molecular weight is 298 g/mol. The fourth-order valence-electron chi connectivity index (χ4n) is 6.33. The molecule has 118 valence electrons. The lowest BCUT2D eigenvalue weighted by atomic mass is 9.51. The molecule has 7 atom stereocenters. The van der Waals surface area contributed by atoms with Gasteiger partial charge in [-0.1, -0.05) is 25.0 Å². The smallest absolute Gasteiger partial charge is 0.133 e. The Kier molecular flexibility index (Phi) is 3.11. The molecule has 4 aliphatic rings. The van der Waals surface area contributed by atoms with E-state index < -0.39 is 5.60 Å². The Hall–Kier alpha value is -1.07. The van der Waals surface area contributed by atoms with Crippen molar-refractivity contribution in [1.29, 1.82) is 0 Å². The zero-order valence-electron chi connectivity index (χ0n) is 13.4. The highest BCUT2D eigenvalue weighted by Gasteiger charge is 2.61. The van der Waals surface area contributed by atoms with Crippen molar-refractivity contribution in [3.8, 4) is 12.3 Å². The number of fused-ring (bicyclic) bond motifs is 5. The number of rotatable bonds is 0. The number of carbonyl (C=O) groups excluding carboxylic acids is 1. The molecule has 4 aliphatic carbocycles. The van der Waals surface area contributed by atoms with Crippen LogP contribution in [0.1, 0.15) is 51.9 Å². The molecule has 0 aromatic heterocycles. The number of carbonyl (C=O) groups is 1. The van der Waals surface area contributed by atoms with Crippen molar-refractivity contribution in [2.45, 2.75) is 57.5 Å². The second kappa shape index (κ2) is 4.71. The number of aliphatic hydroxyl groups is 1. The Morgan fingerprint density at radius 3 is 2.82 bits per heavy atom. The molecule has 22 heavy (non-hydrogen) atoms. The van der Waals surface area contributed by atoms with E-state index >= 15 is 0 Å². The summed E-state index contributed by atoms with van der Waals surface area (Å²) < 4.78 is 0. The van der Waals surface area contributed by atoms with Gasteiger partial charge in [0, 0.05) is 18.3 Å². The molecule has 0 heterocycles. The molecule has 0 bridgehead atoms. The van der Waals surface area contributed by atoms with Gasteiger partial charge < -0.3 is 5.11 Å². The van der Waals surface area contributed by atoms with E-state index in [1.165, 1.54) is 0 Å². The Labute approximate surface area is 133 Å². The number of terminal acetylenes is 1. The van der Waals surface area contributed by atoms with Gasteiger partial charge in [0.25, 0.3) is 0 Å². The highest BCUT2D eigenvalue weighted by molar-refractivity contribution is 5.79. The van der Waals surface area contributed by atoms with Crippen molar-refractivity contribution < 1.29 is 9.90 Å². The molecule has 4 rings (SSSR count). The largest absolute Gasteiger partial charge is 0.377 e. The van der Waals surface area contributed by atoms with Crippen LogP contribution in [0.2, 0.25) is 0 Å². The normalized spacial score (nSPS) is 53.3. The van der Waals surface area contributed by atoms with Gasteiger partial charge in [0.05, 0.1) is 0 Å². The van der Waals surface area contributed by atoms with Crippen molar-refractivity contribution in [2.75, 3.05) is 0 Å². The summed E-state index contributed by atoms with van der Waals surface area (Å²) in [5.41, 5.74) is -1.06. The van der Waals surface area contributed by atoms with Gasteiger partial charge in [-0.2, -0.15) is 0 Å². The number of ketones is 1. The van der Waals surface area contributed by atoms with Crippen LogP contribution in [0.25, 0.3) is 0 Å². The predicted octanol–water partition coefficient (Wildman–Crippen LogP) is 3.35. The molecule has 0 aliphatic heterocycles. The molecular weight excluding hydrogens is 272 g/mol. The molecule has 0 aromatic carbocycles. The van der Waals surface area contributed by atoms with Crippen LogP contribution in [-0.2, 0) is 4.79 Å². The monoisotopic (exact) mass is 298 g/mol. The third-order valence-electron chi connectivity index (χ3n) is 7.68. The van der Waals surface area contributed by atoms with Crippen LogP contribution in [0, 0.1) is 47.3 Å². The second-order valence-corrected chi connectivity index (χ2v) is 8.34. The fraction of sp³-hybridized carbons (Fsp3) is 0.750. The molecule has 5 unspecified atom stereocenters. The topological polar surface area (TPSA) is 37.3 Å². The van der Waals surface area contributed by atoms with Gasteiger partial charge in [0.15, 0.2) is 0 Å². The van der Waals surface area contributed by atoms with E-state index in [9.17, 15) is 9.90 Å². The first-order chi connectivity index (χ1) is 10.5. The summed E-state index contributed by atoms with van der Waals surface area (Å²) in [4.78, 5) is 11.7. The molecule has 1 N–H and O–H groups in total. The Balaban J connectivity index is 1.66. The summed E-state index contributed by atoms with van der Waals surface area (Å²) >= 11 is 0. The summed E-state index contributed by atoms with van der Waals surface area (Å²) in [6.45, 7) is 2.21. The SMILES string of the molecule is C#C[C@]1(O)CCC2C3C=CC4CC(=O)CCC4C3CC[C@@]21C. The Morgan fingerprint density at radius 2 is 2.05 bits per heavy atom. The number of allylic oxidation sites excluding steroid dienone is 2. The highest BCUT2D eigenvalue weighted by atomic mass is 16.3. The Morgan fingerprint density at radius 1 is 1.23 bits per heavy atom. The lowest BCUT2D eigenvalue weighted by molar-refractivity contribution is -0.124. The molecule has 0 aromatic rings. The summed E-state index contributed by atoms with van der Waals surface area (Å²) in [5.74, 6) is 6.06. The summed E-state index contributed by atoms with van der Waals surface area (Å²) in [6, 6.07) is 0. The van der Waals surface area contributed by atoms with Gasteiger partial charge >= 0.3 is 0 Å². The van der Waals surface area contributed by atoms with E-state index in [2.05, 4.69) is 25.0 Å². The molecule has 0 saturated heterocycles. The first kappa shape index (κ1) is 14.5. The minimum atomic E-state index is -0.921. The van der Waals surface area contributed by atoms with Crippen molar-refractivity contribution in [3.05, 3.63) is 12.2 Å². The van der Waals surface area contributed by atoms with Crippen molar-refractivity contribution in [1.82, 2.24) is 0 Å². The summed E-state index contributed by atoms with van der Waals surface area (Å²) in [6.07, 6.45) is 17.0. The number of hydrogen-bond donors (Lipinski definition) is 1. The molecule has 0 radical (unpaired) electrons. The average Bonchev–Trinajstić information content (AvgIpc) is 2.79. The van der Waals surface area contributed by atoms with Gasteiger partial charge in [-0.15, -0.1) is 6.42 Å². The van der Waals surface area contributed by atoms with E-state index in [0.717, 1.165) is 44.9 Å². The fourth-order valence-corrected chi connectivity index (χ4v) is 6.33. The predicted molar refractivity (Wildman–Crippen MR) is 85.8 cm³/mol. The van der Waals surface area contributed by atoms with Crippen LogP contribution in [-0.4, -0.2) is 16.5 Å². The maximum atomic E-state index is 11.7. The lowest BCUT2D eigenvalue weighted by Crippen LogP contribution is -2.52. The maximum absolute atomic E-state index is 11.7. The molecule has 3 saturated carbocycles. The van der Waals surface area contributed by atoms with Crippen LogP contribution in [0.15, 0.2) is 12.2 Å². The maximum Gasteiger partial charge on any atom is 0.133 e. The molecule has 2 nitrogen and oxygen atoms in total. The van der Waals surface area contributed by atoms with Crippen molar-refractivity contribution >= 4 is 5.78 Å². The lowest BCUT2D eigenvalue weighted by Gasteiger charge is -2.54. The van der Waals surface area contributed by atoms with E-state index in [4.69, 9.17) is 6.42 Å². The summed E-state index contributed by atoms with van der Waals surface area (Å²) in [7, 11) is 0. The second-order valence-electron chi connectivity index (χ2n) is 8.34. The third-order valence-corrected chi connectivity index (χ3v) is 7.68.